The number of hydrogen-bond acceptors (Lipinski definition) is 5. The van der Waals surface area contributed by atoms with Crippen molar-refractivity contribution in [2.24, 2.45) is 10.2 Å². The number of azo groups is 1. The van der Waals surface area contributed by atoms with Gasteiger partial charge in [-0.3, -0.25) is 9.89 Å². The number of carbonyl (C=O) groups is 1. The van der Waals surface area contributed by atoms with Crippen LogP contribution in [0.1, 0.15) is 21.6 Å². The molecule has 1 aromatic heterocycles. The van der Waals surface area contributed by atoms with Gasteiger partial charge in [0, 0.05) is 11.1 Å². The lowest BCUT2D eigenvalue weighted by Crippen LogP contribution is -2.14. The molecule has 35 heavy (non-hydrogen) atoms. The molecular formula is C24H17F3N4O4. The molecule has 0 amide bonds. The predicted molar refractivity (Wildman–Crippen MR) is 121 cm³/mol. The molecule has 0 radical (unpaired) electrons. The number of carboxylic acids is 1. The molecule has 11 heteroatoms. The highest BCUT2D eigenvalue weighted by molar-refractivity contribution is 5.98. The number of benzene rings is 3. The molecule has 0 saturated carbocycles. The van der Waals surface area contributed by atoms with Crippen molar-refractivity contribution in [1.29, 1.82) is 0 Å². The summed E-state index contributed by atoms with van der Waals surface area (Å²) in [6.45, 7) is 1.52. The maximum absolute atomic E-state index is 12.9. The molecule has 0 aliphatic heterocycles. The van der Waals surface area contributed by atoms with Gasteiger partial charge < -0.3 is 10.2 Å². The highest BCUT2D eigenvalue weighted by atomic mass is 19.4. The molecule has 8 nitrogen and oxygen atoms in total. The molecule has 0 aliphatic carbocycles. The van der Waals surface area contributed by atoms with Gasteiger partial charge in [-0.1, -0.05) is 30.3 Å². The van der Waals surface area contributed by atoms with Crippen LogP contribution in [0.5, 0.6) is 5.75 Å². The number of nitrogens with one attached hydrogen (secondary N) is 1. The first kappa shape index (κ1) is 23.5. The number of aromatic amines is 1. The monoisotopic (exact) mass is 482 g/mol. The maximum atomic E-state index is 12.9. The third kappa shape index (κ3) is 4.56. The van der Waals surface area contributed by atoms with E-state index in [0.717, 1.165) is 28.9 Å². The number of nitrogens with zero attached hydrogens (tertiary/aromatic N) is 3. The first-order valence-corrected chi connectivity index (χ1v) is 10.1. The molecule has 0 fully saturated rings. The Balaban J connectivity index is 1.79. The molecule has 1 heterocycles. The molecule has 0 atom stereocenters. The van der Waals surface area contributed by atoms with Gasteiger partial charge in [-0.15, -0.1) is 10.2 Å². The standard InChI is InChI=1S/C24H17F3N4O4/c1-13-20(22(33)31(30-13)15-11-9-14(10-12-15)24(25,26)27)28-29-21-17(6-4-7-18(21)23(34)35)16-5-2-3-8-19(16)32/h2-12,30,32H,1H3,(H,34,35). The molecule has 178 valence electrons. The Morgan fingerprint density at radius 1 is 0.914 bits per heavy atom. The molecule has 0 spiro atoms. The molecular weight excluding hydrogens is 465 g/mol. The fraction of sp³-hybridized carbons (Fsp3) is 0.0833. The summed E-state index contributed by atoms with van der Waals surface area (Å²) in [7, 11) is 0. The van der Waals surface area contributed by atoms with Crippen molar-refractivity contribution in [2.45, 2.75) is 13.1 Å². The van der Waals surface area contributed by atoms with E-state index in [9.17, 15) is 33.0 Å². The third-order valence-corrected chi connectivity index (χ3v) is 5.20. The van der Waals surface area contributed by atoms with Crippen LogP contribution < -0.4 is 5.56 Å². The van der Waals surface area contributed by atoms with Crippen LogP contribution in [0.25, 0.3) is 16.8 Å². The Morgan fingerprint density at radius 3 is 2.17 bits per heavy atom. The molecule has 3 aromatic carbocycles. The van der Waals surface area contributed by atoms with Gasteiger partial charge in [0.2, 0.25) is 0 Å². The molecule has 0 aliphatic rings. The number of hydrogen-bond donors (Lipinski definition) is 3. The van der Waals surface area contributed by atoms with E-state index in [1.807, 2.05) is 0 Å². The van der Waals surface area contributed by atoms with E-state index < -0.39 is 23.3 Å². The molecule has 4 aromatic rings. The van der Waals surface area contributed by atoms with Gasteiger partial charge in [0.05, 0.1) is 22.5 Å². The molecule has 0 unspecified atom stereocenters. The largest absolute Gasteiger partial charge is 0.507 e. The van der Waals surface area contributed by atoms with E-state index in [1.165, 1.54) is 25.1 Å². The number of alkyl halides is 3. The summed E-state index contributed by atoms with van der Waals surface area (Å²) in [6.07, 6.45) is -4.52. The minimum atomic E-state index is -4.52. The van der Waals surface area contributed by atoms with E-state index in [1.54, 1.807) is 24.3 Å². The van der Waals surface area contributed by atoms with Crippen molar-refractivity contribution in [1.82, 2.24) is 9.78 Å². The number of rotatable bonds is 5. The zero-order chi connectivity index (χ0) is 25.3. The zero-order valence-corrected chi connectivity index (χ0v) is 18.0. The third-order valence-electron chi connectivity index (χ3n) is 5.20. The summed E-state index contributed by atoms with van der Waals surface area (Å²) in [6, 6.07) is 14.6. The van der Waals surface area contributed by atoms with Crippen molar-refractivity contribution in [3.63, 3.8) is 0 Å². The van der Waals surface area contributed by atoms with Crippen molar-refractivity contribution in [3.05, 3.63) is 93.9 Å². The summed E-state index contributed by atoms with van der Waals surface area (Å²) < 4.78 is 39.5. The summed E-state index contributed by atoms with van der Waals surface area (Å²) in [5, 5.41) is 30.6. The Bertz CT molecular complexity index is 1500. The van der Waals surface area contributed by atoms with Crippen LogP contribution in [-0.4, -0.2) is 26.0 Å². The highest BCUT2D eigenvalue weighted by Crippen LogP contribution is 2.39. The fourth-order valence-corrected chi connectivity index (χ4v) is 3.48. The maximum Gasteiger partial charge on any atom is 0.416 e. The van der Waals surface area contributed by atoms with Crippen molar-refractivity contribution in [3.8, 4) is 22.6 Å². The quantitative estimate of drug-likeness (QED) is 0.303. The number of phenolic OH excluding ortho intramolecular Hbond substituents is 1. The number of para-hydroxylation sites is 1. The van der Waals surface area contributed by atoms with Crippen LogP contribution in [0.4, 0.5) is 24.5 Å². The average Bonchev–Trinajstić information content (AvgIpc) is 3.10. The number of phenols is 1. The number of carboxylic acid groups (broad SMARTS) is 1. The summed E-state index contributed by atoms with van der Waals surface area (Å²) in [5.74, 6) is -1.39. The van der Waals surface area contributed by atoms with Crippen molar-refractivity contribution in [2.75, 3.05) is 0 Å². The lowest BCUT2D eigenvalue weighted by atomic mass is 9.99. The first-order valence-electron chi connectivity index (χ1n) is 10.1. The van der Waals surface area contributed by atoms with Crippen molar-refractivity contribution < 1.29 is 28.2 Å². The number of aromatic carboxylic acids is 1. The predicted octanol–water partition coefficient (Wildman–Crippen LogP) is 5.98. The Morgan fingerprint density at radius 2 is 1.54 bits per heavy atom. The minimum absolute atomic E-state index is 0.0809. The van der Waals surface area contributed by atoms with E-state index in [4.69, 9.17) is 0 Å². The fourth-order valence-electron chi connectivity index (χ4n) is 3.48. The number of halogens is 3. The van der Waals surface area contributed by atoms with Crippen LogP contribution in [-0.2, 0) is 6.18 Å². The number of aryl methyl sites for hydroxylation is 1. The van der Waals surface area contributed by atoms with E-state index in [0.29, 0.717) is 5.56 Å². The first-order chi connectivity index (χ1) is 16.6. The molecule has 0 saturated heterocycles. The van der Waals surface area contributed by atoms with E-state index >= 15 is 0 Å². The molecule has 0 bridgehead atoms. The van der Waals surface area contributed by atoms with Crippen molar-refractivity contribution >= 4 is 17.3 Å². The lowest BCUT2D eigenvalue weighted by molar-refractivity contribution is -0.137. The summed E-state index contributed by atoms with van der Waals surface area (Å²) in [4.78, 5) is 24.7. The number of aromatic nitrogens is 2. The minimum Gasteiger partial charge on any atom is -0.507 e. The van der Waals surface area contributed by atoms with E-state index in [-0.39, 0.29) is 39.6 Å². The second-order valence-corrected chi connectivity index (χ2v) is 7.49. The van der Waals surface area contributed by atoms with E-state index in [2.05, 4.69) is 15.3 Å². The Kier molecular flexibility index (Phi) is 6.00. The molecule has 3 N–H and O–H groups in total. The van der Waals surface area contributed by atoms with Crippen LogP contribution in [0, 0.1) is 6.92 Å². The van der Waals surface area contributed by atoms with Crippen LogP contribution >= 0.6 is 0 Å². The number of H-pyrrole nitrogens is 1. The summed E-state index contributed by atoms with van der Waals surface area (Å²) >= 11 is 0. The van der Waals surface area contributed by atoms with Crippen LogP contribution in [0.3, 0.4) is 0 Å². The molecule has 4 rings (SSSR count). The SMILES string of the molecule is Cc1[nH]n(-c2ccc(C(F)(F)F)cc2)c(=O)c1N=Nc1c(C(=O)O)cccc1-c1ccccc1O. The van der Waals surface area contributed by atoms with Gasteiger partial charge in [-0.25, -0.2) is 9.48 Å². The summed E-state index contributed by atoms with van der Waals surface area (Å²) in [5.41, 5.74) is -0.992. The van der Waals surface area contributed by atoms with Crippen LogP contribution in [0.15, 0.2) is 81.8 Å². The smallest absolute Gasteiger partial charge is 0.416 e. The van der Waals surface area contributed by atoms with Gasteiger partial charge in [-0.05, 0) is 43.3 Å². The lowest BCUT2D eigenvalue weighted by Gasteiger charge is -2.09. The highest BCUT2D eigenvalue weighted by Gasteiger charge is 2.30. The number of aromatic hydroxyl groups is 1. The van der Waals surface area contributed by atoms with Gasteiger partial charge in [0.15, 0.2) is 5.69 Å². The van der Waals surface area contributed by atoms with Gasteiger partial charge in [0.1, 0.15) is 11.4 Å². The normalized spacial score (nSPS) is 11.8. The van der Waals surface area contributed by atoms with Gasteiger partial charge >= 0.3 is 12.1 Å². The second kappa shape index (κ2) is 8.93. The Hall–Kier alpha value is -4.67. The zero-order valence-electron chi connectivity index (χ0n) is 18.0. The Labute approximate surface area is 195 Å². The van der Waals surface area contributed by atoms with Gasteiger partial charge in [0.25, 0.3) is 5.56 Å². The second-order valence-electron chi connectivity index (χ2n) is 7.49. The topological polar surface area (TPSA) is 120 Å². The van der Waals surface area contributed by atoms with Gasteiger partial charge in [-0.2, -0.15) is 13.2 Å². The van der Waals surface area contributed by atoms with Crippen LogP contribution in [0.2, 0.25) is 0 Å². The average molecular weight is 482 g/mol.